The van der Waals surface area contributed by atoms with Crippen molar-refractivity contribution < 1.29 is 0 Å². The average Bonchev–Trinajstić information content (AvgIpc) is 3.23. The highest BCUT2D eigenvalue weighted by molar-refractivity contribution is 9.10. The number of hydrogen-bond acceptors (Lipinski definition) is 5. The third-order valence-corrected chi connectivity index (χ3v) is 4.37. The SMILES string of the molecule is Brc1c(Nc2ncccn2)ccc2c1nnn2CC1CC1. The van der Waals surface area contributed by atoms with Crippen molar-refractivity contribution in [2.45, 2.75) is 19.4 Å². The molecular weight excluding hydrogens is 332 g/mol. The first kappa shape index (κ1) is 12.7. The van der Waals surface area contributed by atoms with Gasteiger partial charge in [-0.15, -0.1) is 5.10 Å². The molecule has 1 aliphatic carbocycles. The first-order valence-electron chi connectivity index (χ1n) is 6.87. The molecule has 0 bridgehead atoms. The number of hydrogen-bond donors (Lipinski definition) is 1. The van der Waals surface area contributed by atoms with Gasteiger partial charge in [0.2, 0.25) is 5.95 Å². The van der Waals surface area contributed by atoms with Crippen LogP contribution in [-0.2, 0) is 6.54 Å². The van der Waals surface area contributed by atoms with Crippen LogP contribution in [-0.4, -0.2) is 25.0 Å². The van der Waals surface area contributed by atoms with Gasteiger partial charge in [0, 0.05) is 18.9 Å². The van der Waals surface area contributed by atoms with Gasteiger partial charge in [-0.1, -0.05) is 5.21 Å². The molecule has 0 unspecified atom stereocenters. The molecule has 7 heteroatoms. The molecule has 21 heavy (non-hydrogen) atoms. The van der Waals surface area contributed by atoms with Crippen molar-refractivity contribution in [3.8, 4) is 0 Å². The van der Waals surface area contributed by atoms with E-state index in [-0.39, 0.29) is 0 Å². The quantitative estimate of drug-likeness (QED) is 0.787. The van der Waals surface area contributed by atoms with Crippen LogP contribution in [0.25, 0.3) is 11.0 Å². The highest BCUT2D eigenvalue weighted by Gasteiger charge is 2.23. The summed E-state index contributed by atoms with van der Waals surface area (Å²) in [5.74, 6) is 1.33. The fourth-order valence-electron chi connectivity index (χ4n) is 2.27. The van der Waals surface area contributed by atoms with Gasteiger partial charge in [-0.05, 0) is 52.9 Å². The van der Waals surface area contributed by atoms with Gasteiger partial charge in [0.05, 0.1) is 15.7 Å². The van der Waals surface area contributed by atoms with E-state index in [9.17, 15) is 0 Å². The Bertz CT molecular complexity index is 781. The zero-order valence-electron chi connectivity index (χ0n) is 11.2. The molecule has 6 nitrogen and oxygen atoms in total. The molecule has 0 spiro atoms. The van der Waals surface area contributed by atoms with Crippen LogP contribution in [0.4, 0.5) is 11.6 Å². The van der Waals surface area contributed by atoms with Crippen LogP contribution in [0.15, 0.2) is 35.1 Å². The zero-order valence-corrected chi connectivity index (χ0v) is 12.8. The molecule has 0 saturated heterocycles. The number of benzene rings is 1. The van der Waals surface area contributed by atoms with E-state index in [2.05, 4.69) is 41.5 Å². The number of rotatable bonds is 4. The van der Waals surface area contributed by atoms with Crippen LogP contribution in [0.5, 0.6) is 0 Å². The molecule has 1 aromatic carbocycles. The van der Waals surface area contributed by atoms with Crippen LogP contribution >= 0.6 is 15.9 Å². The third kappa shape index (κ3) is 2.49. The van der Waals surface area contributed by atoms with E-state index in [0.29, 0.717) is 5.95 Å². The fraction of sp³-hybridized carbons (Fsp3) is 0.286. The van der Waals surface area contributed by atoms with Gasteiger partial charge >= 0.3 is 0 Å². The molecule has 2 heterocycles. The monoisotopic (exact) mass is 344 g/mol. The Morgan fingerprint density at radius 3 is 2.81 bits per heavy atom. The van der Waals surface area contributed by atoms with Crippen LogP contribution < -0.4 is 5.32 Å². The Hall–Kier alpha value is -2.02. The minimum Gasteiger partial charge on any atom is -0.323 e. The van der Waals surface area contributed by atoms with Gasteiger partial charge in [0.15, 0.2) is 0 Å². The molecule has 0 radical (unpaired) electrons. The average molecular weight is 345 g/mol. The molecule has 1 saturated carbocycles. The molecular formula is C14H13BrN6. The van der Waals surface area contributed by atoms with E-state index in [4.69, 9.17) is 0 Å². The van der Waals surface area contributed by atoms with E-state index in [1.54, 1.807) is 18.5 Å². The number of fused-ring (bicyclic) bond motifs is 1. The zero-order chi connectivity index (χ0) is 14.2. The van der Waals surface area contributed by atoms with E-state index in [1.807, 2.05) is 16.8 Å². The summed E-state index contributed by atoms with van der Waals surface area (Å²) in [6.07, 6.45) is 6.00. The molecule has 106 valence electrons. The lowest BCUT2D eigenvalue weighted by molar-refractivity contribution is 0.559. The van der Waals surface area contributed by atoms with Crippen molar-refractivity contribution in [3.05, 3.63) is 35.1 Å². The minimum atomic E-state index is 0.558. The lowest BCUT2D eigenvalue weighted by atomic mass is 10.2. The van der Waals surface area contributed by atoms with Gasteiger partial charge in [0.1, 0.15) is 5.52 Å². The third-order valence-electron chi connectivity index (χ3n) is 3.57. The van der Waals surface area contributed by atoms with Gasteiger partial charge in [-0.3, -0.25) is 0 Å². The van der Waals surface area contributed by atoms with Gasteiger partial charge in [-0.2, -0.15) is 0 Å². The standard InChI is InChI=1S/C14H13BrN6/c15-12-10(18-14-16-6-1-7-17-14)4-5-11-13(12)19-20-21(11)8-9-2-3-9/h1,4-7,9H,2-3,8H2,(H,16,17,18). The molecule has 4 rings (SSSR count). The van der Waals surface area contributed by atoms with E-state index in [1.165, 1.54) is 12.8 Å². The maximum Gasteiger partial charge on any atom is 0.227 e. The summed E-state index contributed by atoms with van der Waals surface area (Å²) in [6.45, 7) is 0.956. The normalized spacial score (nSPS) is 14.5. The maximum absolute atomic E-state index is 4.29. The summed E-state index contributed by atoms with van der Waals surface area (Å²) < 4.78 is 2.87. The number of nitrogens with one attached hydrogen (secondary N) is 1. The number of aromatic nitrogens is 5. The van der Waals surface area contributed by atoms with Crippen LogP contribution in [0.1, 0.15) is 12.8 Å². The second-order valence-electron chi connectivity index (χ2n) is 5.21. The van der Waals surface area contributed by atoms with Gasteiger partial charge < -0.3 is 5.32 Å². The number of anilines is 2. The highest BCUT2D eigenvalue weighted by Crippen LogP contribution is 2.34. The van der Waals surface area contributed by atoms with Crippen molar-refractivity contribution >= 4 is 38.6 Å². The lowest BCUT2D eigenvalue weighted by Crippen LogP contribution is -2.01. The molecule has 1 N–H and O–H groups in total. The molecule has 1 fully saturated rings. The molecule has 1 aliphatic rings. The summed E-state index contributed by atoms with van der Waals surface area (Å²) in [6, 6.07) is 5.82. The topological polar surface area (TPSA) is 68.5 Å². The van der Waals surface area contributed by atoms with Crippen LogP contribution in [0.2, 0.25) is 0 Å². The largest absolute Gasteiger partial charge is 0.323 e. The summed E-state index contributed by atoms with van der Waals surface area (Å²) in [5, 5.41) is 11.7. The first-order valence-corrected chi connectivity index (χ1v) is 7.66. The maximum atomic E-state index is 4.29. The van der Waals surface area contributed by atoms with Crippen LogP contribution in [0.3, 0.4) is 0 Å². The predicted octanol–water partition coefficient (Wildman–Crippen LogP) is 3.14. The molecule has 0 amide bonds. The summed E-state index contributed by atoms with van der Waals surface area (Å²) >= 11 is 3.60. The van der Waals surface area contributed by atoms with Crippen molar-refractivity contribution in [2.75, 3.05) is 5.32 Å². The Kier molecular flexibility index (Phi) is 3.07. The fourth-order valence-corrected chi connectivity index (χ4v) is 2.78. The minimum absolute atomic E-state index is 0.558. The smallest absolute Gasteiger partial charge is 0.227 e. The van der Waals surface area contributed by atoms with Gasteiger partial charge in [0.25, 0.3) is 0 Å². The van der Waals surface area contributed by atoms with Crippen molar-refractivity contribution in [1.29, 1.82) is 0 Å². The number of nitrogens with zero attached hydrogens (tertiary/aromatic N) is 5. The molecule has 3 aromatic rings. The molecule has 2 aromatic heterocycles. The second kappa shape index (κ2) is 5.07. The van der Waals surface area contributed by atoms with Crippen molar-refractivity contribution in [1.82, 2.24) is 25.0 Å². The summed E-state index contributed by atoms with van der Waals surface area (Å²) in [5.41, 5.74) is 2.79. The van der Waals surface area contributed by atoms with E-state index >= 15 is 0 Å². The van der Waals surface area contributed by atoms with Gasteiger partial charge in [-0.25, -0.2) is 14.6 Å². The Morgan fingerprint density at radius 1 is 1.24 bits per heavy atom. The molecule has 0 aliphatic heterocycles. The summed E-state index contributed by atoms with van der Waals surface area (Å²) in [4.78, 5) is 8.33. The van der Waals surface area contributed by atoms with E-state index in [0.717, 1.165) is 33.7 Å². The first-order chi connectivity index (χ1) is 10.3. The highest BCUT2D eigenvalue weighted by atomic mass is 79.9. The number of halogens is 1. The van der Waals surface area contributed by atoms with Crippen molar-refractivity contribution in [2.24, 2.45) is 5.92 Å². The second-order valence-corrected chi connectivity index (χ2v) is 6.00. The molecule has 0 atom stereocenters. The predicted molar refractivity (Wildman–Crippen MR) is 83.3 cm³/mol. The Labute approximate surface area is 129 Å². The van der Waals surface area contributed by atoms with Crippen LogP contribution in [0, 0.1) is 5.92 Å². The van der Waals surface area contributed by atoms with E-state index < -0.39 is 0 Å². The summed E-state index contributed by atoms with van der Waals surface area (Å²) in [7, 11) is 0. The lowest BCUT2D eigenvalue weighted by Gasteiger charge is -2.07. The van der Waals surface area contributed by atoms with Crippen molar-refractivity contribution in [3.63, 3.8) is 0 Å². The Balaban J connectivity index is 1.69. The Morgan fingerprint density at radius 2 is 2.05 bits per heavy atom.